The summed E-state index contributed by atoms with van der Waals surface area (Å²) in [4.78, 5) is 27.3. The maximum absolute atomic E-state index is 11.7. The Morgan fingerprint density at radius 1 is 1.29 bits per heavy atom. The minimum Gasteiger partial charge on any atom is -0.378 e. The summed E-state index contributed by atoms with van der Waals surface area (Å²) in [6, 6.07) is 0. The van der Waals surface area contributed by atoms with Crippen molar-refractivity contribution in [2.75, 3.05) is 33.4 Å². The number of ether oxygens (including phenoxy) is 1. The van der Waals surface area contributed by atoms with Gasteiger partial charge < -0.3 is 10.5 Å². The maximum Gasteiger partial charge on any atom is 0.273 e. The van der Waals surface area contributed by atoms with E-state index in [0.29, 0.717) is 37.2 Å². The first-order valence-corrected chi connectivity index (χ1v) is 5.36. The highest BCUT2D eigenvalue weighted by Gasteiger charge is 2.13. The predicted octanol–water partition coefficient (Wildman–Crippen LogP) is -0.113. The molecule has 0 aliphatic rings. The van der Waals surface area contributed by atoms with Crippen molar-refractivity contribution < 1.29 is 19.2 Å². The van der Waals surface area contributed by atoms with E-state index in [0.717, 1.165) is 5.06 Å². The Bertz CT molecular complexity index is 289. The van der Waals surface area contributed by atoms with E-state index in [1.165, 1.54) is 7.05 Å². The van der Waals surface area contributed by atoms with Gasteiger partial charge in [0.25, 0.3) is 5.91 Å². The summed E-state index contributed by atoms with van der Waals surface area (Å²) in [6.07, 6.45) is 0.644. The lowest BCUT2D eigenvalue weighted by Crippen LogP contribution is -2.29. The Labute approximate surface area is 101 Å². The molecule has 0 aromatic rings. The number of rotatable bonds is 8. The van der Waals surface area contributed by atoms with Crippen molar-refractivity contribution in [2.24, 2.45) is 5.73 Å². The van der Waals surface area contributed by atoms with Crippen molar-refractivity contribution in [2.45, 2.75) is 13.8 Å². The number of aldehydes is 1. The molecule has 0 unspecified atom stereocenters. The van der Waals surface area contributed by atoms with E-state index in [1.54, 1.807) is 13.8 Å². The third-order valence-corrected chi connectivity index (χ3v) is 2.15. The molecule has 0 spiro atoms. The van der Waals surface area contributed by atoms with Crippen molar-refractivity contribution in [3.05, 3.63) is 11.1 Å². The van der Waals surface area contributed by atoms with Crippen LogP contribution in [0.25, 0.3) is 0 Å². The Hall–Kier alpha value is -1.24. The van der Waals surface area contributed by atoms with Gasteiger partial charge in [-0.1, -0.05) is 0 Å². The van der Waals surface area contributed by atoms with Crippen LogP contribution in [-0.2, 0) is 19.2 Å². The number of hydroxylamine groups is 2. The first-order valence-electron chi connectivity index (χ1n) is 5.36. The zero-order valence-electron chi connectivity index (χ0n) is 10.6. The molecule has 6 nitrogen and oxygen atoms in total. The third-order valence-electron chi connectivity index (χ3n) is 2.15. The fourth-order valence-electron chi connectivity index (χ4n) is 0.970. The van der Waals surface area contributed by atoms with Gasteiger partial charge >= 0.3 is 0 Å². The molecule has 0 atom stereocenters. The van der Waals surface area contributed by atoms with E-state index < -0.39 is 0 Å². The average molecular weight is 244 g/mol. The number of amides is 1. The topological polar surface area (TPSA) is 81.9 Å². The Morgan fingerprint density at radius 2 is 1.94 bits per heavy atom. The Morgan fingerprint density at radius 3 is 2.47 bits per heavy atom. The molecule has 17 heavy (non-hydrogen) atoms. The monoisotopic (exact) mass is 244 g/mol. The van der Waals surface area contributed by atoms with Gasteiger partial charge in [-0.2, -0.15) is 0 Å². The summed E-state index contributed by atoms with van der Waals surface area (Å²) < 4.78 is 5.09. The molecule has 0 aliphatic carbocycles. The fourth-order valence-corrected chi connectivity index (χ4v) is 0.970. The van der Waals surface area contributed by atoms with Crippen LogP contribution in [0.2, 0.25) is 0 Å². The fraction of sp³-hybridized carbons (Fsp3) is 0.636. The molecular weight excluding hydrogens is 224 g/mol. The summed E-state index contributed by atoms with van der Waals surface area (Å²) in [7, 11) is 1.49. The summed E-state index contributed by atoms with van der Waals surface area (Å²) in [5, 5.41) is 1.09. The Kier molecular flexibility index (Phi) is 8.21. The molecule has 0 saturated heterocycles. The van der Waals surface area contributed by atoms with E-state index in [2.05, 4.69) is 0 Å². The second-order valence-corrected chi connectivity index (χ2v) is 3.46. The van der Waals surface area contributed by atoms with Crippen LogP contribution in [0.15, 0.2) is 11.1 Å². The third kappa shape index (κ3) is 6.15. The van der Waals surface area contributed by atoms with E-state index >= 15 is 0 Å². The molecule has 0 bridgehead atoms. The number of hydrogen-bond acceptors (Lipinski definition) is 5. The number of likely N-dealkylation sites (N-methyl/N-ethyl adjacent to an activating group) is 1. The predicted molar refractivity (Wildman–Crippen MR) is 63.0 cm³/mol. The average Bonchev–Trinajstić information content (AvgIpc) is 2.35. The van der Waals surface area contributed by atoms with Crippen molar-refractivity contribution in [1.82, 2.24) is 5.06 Å². The maximum atomic E-state index is 11.7. The number of nitrogens with two attached hydrogens (primary N) is 1. The van der Waals surface area contributed by atoms with Gasteiger partial charge in [-0.25, -0.2) is 5.06 Å². The zero-order valence-corrected chi connectivity index (χ0v) is 10.6. The van der Waals surface area contributed by atoms with Crippen molar-refractivity contribution in [3.8, 4) is 0 Å². The quantitative estimate of drug-likeness (QED) is 0.279. The first kappa shape index (κ1) is 15.8. The van der Waals surface area contributed by atoms with Gasteiger partial charge in [0.2, 0.25) is 0 Å². The molecule has 0 aliphatic heterocycles. The minimum atomic E-state index is -0.339. The normalized spacial score (nSPS) is 12.0. The summed E-state index contributed by atoms with van der Waals surface area (Å²) >= 11 is 0. The number of carbonyl (C=O) groups excluding carboxylic acids is 2. The van der Waals surface area contributed by atoms with Crippen LogP contribution in [0, 0.1) is 0 Å². The number of carbonyl (C=O) groups is 2. The van der Waals surface area contributed by atoms with Gasteiger partial charge in [0.15, 0.2) is 0 Å². The van der Waals surface area contributed by atoms with Crippen LogP contribution in [0.1, 0.15) is 13.8 Å². The lowest BCUT2D eigenvalue weighted by Gasteiger charge is -2.17. The lowest BCUT2D eigenvalue weighted by atomic mass is 10.1. The molecule has 6 heteroatoms. The van der Waals surface area contributed by atoms with Gasteiger partial charge in [0.1, 0.15) is 6.29 Å². The SMILES string of the molecule is C/C(C=O)=C(\C)C(=O)N(C)OCCOCCN. The van der Waals surface area contributed by atoms with Crippen LogP contribution in [-0.4, -0.2) is 50.7 Å². The summed E-state index contributed by atoms with van der Waals surface area (Å²) in [6.45, 7) is 4.70. The molecule has 0 heterocycles. The van der Waals surface area contributed by atoms with Gasteiger partial charge in [0.05, 0.1) is 19.8 Å². The van der Waals surface area contributed by atoms with Gasteiger partial charge in [-0.3, -0.25) is 14.4 Å². The minimum absolute atomic E-state index is 0.260. The highest BCUT2D eigenvalue weighted by atomic mass is 16.7. The molecule has 0 fully saturated rings. The van der Waals surface area contributed by atoms with E-state index in [4.69, 9.17) is 15.3 Å². The van der Waals surface area contributed by atoms with E-state index in [-0.39, 0.29) is 12.5 Å². The number of nitrogens with zero attached hydrogens (tertiary/aromatic N) is 1. The summed E-state index contributed by atoms with van der Waals surface area (Å²) in [5.74, 6) is -0.339. The standard InChI is InChI=1S/C11H20N2O4/c1-9(8-14)10(2)11(15)13(3)17-7-6-16-5-4-12/h8H,4-7,12H2,1-3H3/b10-9-. The van der Waals surface area contributed by atoms with Crippen LogP contribution >= 0.6 is 0 Å². The molecule has 0 saturated carbocycles. The number of hydrogen-bond donors (Lipinski definition) is 1. The van der Waals surface area contributed by atoms with Gasteiger partial charge in [-0.05, 0) is 19.4 Å². The number of allylic oxidation sites excluding steroid dienone is 1. The molecule has 0 rings (SSSR count). The van der Waals surface area contributed by atoms with Crippen LogP contribution in [0.5, 0.6) is 0 Å². The lowest BCUT2D eigenvalue weighted by molar-refractivity contribution is -0.178. The van der Waals surface area contributed by atoms with E-state index in [9.17, 15) is 9.59 Å². The van der Waals surface area contributed by atoms with Gasteiger partial charge in [-0.15, -0.1) is 0 Å². The van der Waals surface area contributed by atoms with Gasteiger partial charge in [0, 0.05) is 19.2 Å². The van der Waals surface area contributed by atoms with Crippen molar-refractivity contribution in [1.29, 1.82) is 0 Å². The summed E-state index contributed by atoms with van der Waals surface area (Å²) in [5.41, 5.74) is 6.00. The molecule has 0 aromatic heterocycles. The van der Waals surface area contributed by atoms with Crippen LogP contribution in [0.3, 0.4) is 0 Å². The van der Waals surface area contributed by atoms with Crippen LogP contribution in [0.4, 0.5) is 0 Å². The van der Waals surface area contributed by atoms with Crippen LogP contribution < -0.4 is 5.73 Å². The first-order chi connectivity index (χ1) is 8.04. The molecule has 0 radical (unpaired) electrons. The Balaban J connectivity index is 4.02. The van der Waals surface area contributed by atoms with E-state index in [1.807, 2.05) is 0 Å². The highest BCUT2D eigenvalue weighted by molar-refractivity contribution is 5.97. The zero-order chi connectivity index (χ0) is 13.3. The highest BCUT2D eigenvalue weighted by Crippen LogP contribution is 2.04. The molecule has 2 N–H and O–H groups in total. The smallest absolute Gasteiger partial charge is 0.273 e. The second kappa shape index (κ2) is 8.86. The molecule has 98 valence electrons. The van der Waals surface area contributed by atoms with Crippen molar-refractivity contribution >= 4 is 12.2 Å². The van der Waals surface area contributed by atoms with Crippen molar-refractivity contribution in [3.63, 3.8) is 0 Å². The largest absolute Gasteiger partial charge is 0.378 e. The molecule has 0 aromatic carbocycles. The molecule has 1 amide bonds. The second-order valence-electron chi connectivity index (χ2n) is 3.46. The molecular formula is C11H20N2O4.